The topological polar surface area (TPSA) is 57.4 Å². The van der Waals surface area contributed by atoms with Crippen LogP contribution in [0.2, 0.25) is 0 Å². The third kappa shape index (κ3) is 3.35. The first kappa shape index (κ1) is 22.4. The molecule has 3 aromatic heterocycles. The largest absolute Gasteiger partial charge is 0.355 e. The van der Waals surface area contributed by atoms with Crippen LogP contribution < -0.4 is 0 Å². The zero-order chi connectivity index (χ0) is 24.3. The molecule has 0 amide bonds. The molecular formula is C30H34N4. The van der Waals surface area contributed by atoms with Gasteiger partial charge < -0.3 is 9.97 Å². The average Bonchev–Trinajstić information content (AvgIpc) is 3.45. The molecule has 4 heteroatoms. The average molecular weight is 451 g/mol. The van der Waals surface area contributed by atoms with Gasteiger partial charge in [-0.05, 0) is 123 Å². The van der Waals surface area contributed by atoms with E-state index in [4.69, 9.17) is 9.97 Å². The molecule has 0 radical (unpaired) electrons. The van der Waals surface area contributed by atoms with Crippen molar-refractivity contribution < 1.29 is 0 Å². The number of aromatic nitrogens is 4. The third-order valence-corrected chi connectivity index (χ3v) is 7.88. The number of aryl methyl sites for hydroxylation is 4. The fraction of sp³-hybridized carbons (Fsp3) is 0.333. The zero-order valence-corrected chi connectivity index (χ0v) is 21.6. The maximum Gasteiger partial charge on any atom is 0.0691 e. The summed E-state index contributed by atoms with van der Waals surface area (Å²) in [6, 6.07) is 8.85. The number of rotatable bonds is 2. The molecule has 0 aliphatic carbocycles. The summed E-state index contributed by atoms with van der Waals surface area (Å²) in [6.45, 7) is 17.5. The normalized spacial score (nSPS) is 13.9. The van der Waals surface area contributed by atoms with Crippen molar-refractivity contribution in [1.82, 2.24) is 19.9 Å². The van der Waals surface area contributed by atoms with E-state index in [1.54, 1.807) is 0 Å². The molecule has 0 saturated heterocycles. The highest BCUT2D eigenvalue weighted by Gasteiger charge is 2.18. The van der Waals surface area contributed by atoms with Crippen molar-refractivity contribution in [2.24, 2.45) is 0 Å². The zero-order valence-electron chi connectivity index (χ0n) is 21.6. The van der Waals surface area contributed by atoms with Crippen molar-refractivity contribution in [3.05, 3.63) is 69.3 Å². The molecule has 5 rings (SSSR count). The Hall–Kier alpha value is -3.40. The number of allylic oxidation sites excluding steroid dienone is 4. The van der Waals surface area contributed by atoms with Crippen molar-refractivity contribution in [3.8, 4) is 0 Å². The molecule has 0 unspecified atom stereocenters. The molecule has 4 nitrogen and oxygen atoms in total. The van der Waals surface area contributed by atoms with Gasteiger partial charge in [0, 0.05) is 22.1 Å². The quantitative estimate of drug-likeness (QED) is 0.416. The standard InChI is InChI=1S/C30H34N4/c1-9-21-19(7)27-12-25-17(5)15(3)23(31-25)11-24-16(4)18(6)26(32-24)13-28-20(8)22(10-2)30(34-28)14-29(21)33-27/h11-14,33-34H,9-10H2,1-8H3. The maximum atomic E-state index is 5.03. The van der Waals surface area contributed by atoms with E-state index in [2.05, 4.69) is 89.6 Å². The number of nitrogens with zero attached hydrogens (tertiary/aromatic N) is 2. The molecule has 0 spiro atoms. The molecule has 0 saturated carbocycles. The maximum absolute atomic E-state index is 5.03. The molecule has 0 fully saturated rings. The molecule has 8 bridgehead atoms. The van der Waals surface area contributed by atoms with Gasteiger partial charge in [0.05, 0.1) is 22.8 Å². The van der Waals surface area contributed by atoms with E-state index in [-0.39, 0.29) is 0 Å². The highest BCUT2D eigenvalue weighted by molar-refractivity contribution is 5.94. The minimum absolute atomic E-state index is 0.978. The predicted molar refractivity (Wildman–Crippen MR) is 146 cm³/mol. The molecule has 5 heterocycles. The summed E-state index contributed by atoms with van der Waals surface area (Å²) >= 11 is 0. The second kappa shape index (κ2) is 8.12. The van der Waals surface area contributed by atoms with Crippen LogP contribution >= 0.6 is 0 Å². The molecular weight excluding hydrogens is 416 g/mol. The Morgan fingerprint density at radius 3 is 1.21 bits per heavy atom. The van der Waals surface area contributed by atoms with Gasteiger partial charge in [-0.15, -0.1) is 0 Å². The van der Waals surface area contributed by atoms with Crippen LogP contribution in [0.15, 0.2) is 24.3 Å². The van der Waals surface area contributed by atoms with Gasteiger partial charge in [0.15, 0.2) is 0 Å². The van der Waals surface area contributed by atoms with Crippen LogP contribution in [0.5, 0.6) is 0 Å². The number of fused-ring (bicyclic) bond motifs is 8. The van der Waals surface area contributed by atoms with Crippen LogP contribution in [0.1, 0.15) is 86.6 Å². The molecule has 174 valence electrons. The van der Waals surface area contributed by atoms with Crippen molar-refractivity contribution in [3.63, 3.8) is 0 Å². The van der Waals surface area contributed by atoms with E-state index >= 15 is 0 Å². The first-order chi connectivity index (χ1) is 16.2. The van der Waals surface area contributed by atoms with Gasteiger partial charge in [0.1, 0.15) is 0 Å². The first-order valence-corrected chi connectivity index (χ1v) is 12.3. The van der Waals surface area contributed by atoms with E-state index in [0.717, 1.165) is 46.7 Å². The van der Waals surface area contributed by atoms with Crippen LogP contribution in [0, 0.1) is 13.8 Å². The fourth-order valence-corrected chi connectivity index (χ4v) is 5.28. The molecule has 3 aromatic rings. The summed E-state index contributed by atoms with van der Waals surface area (Å²) < 4.78 is 0. The monoisotopic (exact) mass is 450 g/mol. The summed E-state index contributed by atoms with van der Waals surface area (Å²) in [5, 5.41) is 0. The van der Waals surface area contributed by atoms with Crippen molar-refractivity contribution in [2.45, 2.75) is 68.2 Å². The van der Waals surface area contributed by atoms with Crippen molar-refractivity contribution in [1.29, 1.82) is 0 Å². The number of H-pyrrole nitrogens is 2. The predicted octanol–water partition coefficient (Wildman–Crippen LogP) is 7.96. The van der Waals surface area contributed by atoms with Crippen LogP contribution in [-0.4, -0.2) is 19.9 Å². The van der Waals surface area contributed by atoms with Gasteiger partial charge in [0.2, 0.25) is 0 Å². The van der Waals surface area contributed by atoms with Crippen LogP contribution in [0.3, 0.4) is 0 Å². The minimum Gasteiger partial charge on any atom is -0.355 e. The lowest BCUT2D eigenvalue weighted by atomic mass is 10.0. The third-order valence-electron chi connectivity index (χ3n) is 7.88. The van der Waals surface area contributed by atoms with Crippen molar-refractivity contribution in [2.75, 3.05) is 0 Å². The number of nitrogens with one attached hydrogen (secondary N) is 2. The molecule has 2 N–H and O–H groups in total. The molecule has 2 aliphatic rings. The van der Waals surface area contributed by atoms with Gasteiger partial charge in [-0.1, -0.05) is 13.8 Å². The summed E-state index contributed by atoms with van der Waals surface area (Å²) in [7, 11) is 0. The van der Waals surface area contributed by atoms with Gasteiger partial charge in [0.25, 0.3) is 0 Å². The Morgan fingerprint density at radius 2 is 0.853 bits per heavy atom. The van der Waals surface area contributed by atoms with E-state index < -0.39 is 0 Å². The van der Waals surface area contributed by atoms with E-state index in [0.29, 0.717) is 0 Å². The lowest BCUT2D eigenvalue weighted by Gasteiger charge is -1.97. The highest BCUT2D eigenvalue weighted by Crippen LogP contribution is 2.34. The lowest BCUT2D eigenvalue weighted by Crippen LogP contribution is -1.83. The van der Waals surface area contributed by atoms with E-state index in [1.165, 1.54) is 55.6 Å². The summed E-state index contributed by atoms with van der Waals surface area (Å²) in [6.07, 6.45) is 1.96. The van der Waals surface area contributed by atoms with Crippen molar-refractivity contribution >= 4 is 44.4 Å². The van der Waals surface area contributed by atoms with Crippen LogP contribution in [-0.2, 0) is 12.8 Å². The SMILES string of the molecule is CCc1c(C)c2cc3nc(cc4nc(cc5[nH]c(cc1[nH]2)c(CC)c5C)C(C)=C4C)C(C)=C3C. The Labute approximate surface area is 201 Å². The Bertz CT molecular complexity index is 1460. The Kier molecular flexibility index (Phi) is 5.35. The summed E-state index contributed by atoms with van der Waals surface area (Å²) in [4.78, 5) is 17.5. The van der Waals surface area contributed by atoms with Gasteiger partial charge in [-0.25, -0.2) is 9.97 Å². The number of hydrogen-bond acceptors (Lipinski definition) is 2. The smallest absolute Gasteiger partial charge is 0.0691 e. The summed E-state index contributed by atoms with van der Waals surface area (Å²) in [5.41, 5.74) is 18.8. The second-order valence-electron chi connectivity index (χ2n) is 9.66. The summed E-state index contributed by atoms with van der Waals surface area (Å²) in [5.74, 6) is 0. The van der Waals surface area contributed by atoms with Gasteiger partial charge >= 0.3 is 0 Å². The minimum atomic E-state index is 0.978. The highest BCUT2D eigenvalue weighted by atomic mass is 14.8. The Balaban J connectivity index is 2.00. The lowest BCUT2D eigenvalue weighted by molar-refractivity contribution is 1.14. The number of aromatic amines is 2. The van der Waals surface area contributed by atoms with Crippen LogP contribution in [0.25, 0.3) is 44.4 Å². The molecule has 0 atom stereocenters. The van der Waals surface area contributed by atoms with Gasteiger partial charge in [-0.2, -0.15) is 0 Å². The number of hydrogen-bond donors (Lipinski definition) is 2. The first-order valence-electron chi connectivity index (χ1n) is 12.3. The van der Waals surface area contributed by atoms with Crippen LogP contribution in [0.4, 0.5) is 0 Å². The molecule has 0 aromatic carbocycles. The second-order valence-corrected chi connectivity index (χ2v) is 9.66. The fourth-order valence-electron chi connectivity index (χ4n) is 5.28. The van der Waals surface area contributed by atoms with E-state index in [1.807, 2.05) is 0 Å². The molecule has 2 aliphatic heterocycles. The van der Waals surface area contributed by atoms with E-state index in [9.17, 15) is 0 Å². The Morgan fingerprint density at radius 1 is 0.500 bits per heavy atom. The molecule has 34 heavy (non-hydrogen) atoms. The van der Waals surface area contributed by atoms with Gasteiger partial charge in [-0.3, -0.25) is 0 Å².